The molecule has 0 saturated heterocycles. The molecule has 2 aromatic heterocycles. The predicted octanol–water partition coefficient (Wildman–Crippen LogP) is 3.81. The molecule has 8 heteroatoms. The van der Waals surface area contributed by atoms with Crippen LogP contribution in [0.3, 0.4) is 0 Å². The number of carbonyl (C=O) groups excluding carboxylic acids is 1. The zero-order valence-corrected chi connectivity index (χ0v) is 16.1. The third-order valence-corrected chi connectivity index (χ3v) is 6.44. The molecule has 0 spiro atoms. The van der Waals surface area contributed by atoms with Gasteiger partial charge in [0.25, 0.3) is 5.91 Å². The average molecular weight is 420 g/mol. The minimum absolute atomic E-state index is 0.00304. The summed E-state index contributed by atoms with van der Waals surface area (Å²) in [6, 6.07) is 5.70. The Morgan fingerprint density at radius 3 is 2.75 bits per heavy atom. The molecule has 144 valence electrons. The average Bonchev–Trinajstić information content (AvgIpc) is 3.03. The summed E-state index contributed by atoms with van der Waals surface area (Å²) in [5.74, 6) is -0.469. The molecule has 2 saturated carbocycles. The highest BCUT2D eigenvalue weighted by atomic mass is 35.5. The maximum absolute atomic E-state index is 13.3. The van der Waals surface area contributed by atoms with E-state index in [0.29, 0.717) is 23.4 Å². The third-order valence-electron chi connectivity index (χ3n) is 5.95. The second-order valence-electron chi connectivity index (χ2n) is 7.65. The number of hydrogen-bond acceptors (Lipinski definition) is 3. The van der Waals surface area contributed by atoms with E-state index in [1.807, 2.05) is 0 Å². The summed E-state index contributed by atoms with van der Waals surface area (Å²) in [6.45, 7) is 0. The maximum atomic E-state index is 13.3. The Kier molecular flexibility index (Phi) is 3.95. The molecule has 28 heavy (non-hydrogen) atoms. The van der Waals surface area contributed by atoms with Crippen LogP contribution < -0.4 is 5.32 Å². The lowest BCUT2D eigenvalue weighted by Crippen LogP contribution is -2.33. The number of pyridine rings is 1. The minimum atomic E-state index is -0.998. The smallest absolute Gasteiger partial charge is 0.251 e. The number of hydrogen-bond donors (Lipinski definition) is 2. The first kappa shape index (κ1) is 17.9. The third kappa shape index (κ3) is 2.79. The molecule has 2 fully saturated rings. The Labute approximate surface area is 170 Å². The molecule has 0 aliphatic heterocycles. The molecule has 2 aliphatic rings. The second kappa shape index (κ2) is 6.17. The number of halogens is 3. The van der Waals surface area contributed by atoms with E-state index in [2.05, 4.69) is 10.3 Å². The molecule has 1 amide bonds. The number of aliphatic hydroxyl groups is 1. The molecule has 2 N–H and O–H groups in total. The summed E-state index contributed by atoms with van der Waals surface area (Å²) in [5, 5.41) is 14.7. The standard InChI is InChI=1S/C20H16Cl2FN3O2/c21-11-4-14(17-7-24-9-26(17)8-11)20(28)5-12-13(6-20)18(12)25-19(27)10-1-2-16(23)15(22)3-10/h1-4,7-9,12-13,18,28H,5-6H2,(H,25,27). The highest BCUT2D eigenvalue weighted by molar-refractivity contribution is 6.31. The molecular formula is C20H16Cl2FN3O2. The van der Waals surface area contributed by atoms with Crippen molar-refractivity contribution in [2.24, 2.45) is 11.8 Å². The summed E-state index contributed by atoms with van der Waals surface area (Å²) in [4.78, 5) is 16.6. The van der Waals surface area contributed by atoms with Crippen LogP contribution in [0.1, 0.15) is 28.8 Å². The van der Waals surface area contributed by atoms with E-state index in [1.165, 1.54) is 18.2 Å². The summed E-state index contributed by atoms with van der Waals surface area (Å²) in [5.41, 5.74) is 0.916. The van der Waals surface area contributed by atoms with Gasteiger partial charge in [-0.15, -0.1) is 0 Å². The zero-order valence-electron chi connectivity index (χ0n) is 14.6. The Morgan fingerprint density at radius 1 is 1.29 bits per heavy atom. The van der Waals surface area contributed by atoms with Gasteiger partial charge in [-0.05, 0) is 48.9 Å². The van der Waals surface area contributed by atoms with Gasteiger partial charge in [-0.2, -0.15) is 0 Å². The van der Waals surface area contributed by atoms with E-state index in [0.717, 1.165) is 11.1 Å². The Bertz CT molecular complexity index is 1100. The van der Waals surface area contributed by atoms with Gasteiger partial charge in [-0.25, -0.2) is 9.37 Å². The molecule has 1 aromatic carbocycles. The van der Waals surface area contributed by atoms with E-state index < -0.39 is 11.4 Å². The van der Waals surface area contributed by atoms with E-state index in [4.69, 9.17) is 23.2 Å². The van der Waals surface area contributed by atoms with Crippen LogP contribution in [0.4, 0.5) is 4.39 Å². The predicted molar refractivity (Wildman–Crippen MR) is 103 cm³/mol. The lowest BCUT2D eigenvalue weighted by Gasteiger charge is -2.27. The maximum Gasteiger partial charge on any atom is 0.251 e. The van der Waals surface area contributed by atoms with E-state index in [-0.39, 0.29) is 28.8 Å². The van der Waals surface area contributed by atoms with E-state index in [1.54, 1.807) is 29.2 Å². The molecule has 2 unspecified atom stereocenters. The summed E-state index contributed by atoms with van der Waals surface area (Å²) < 4.78 is 15.1. The minimum Gasteiger partial charge on any atom is -0.385 e. The van der Waals surface area contributed by atoms with Gasteiger partial charge in [0.2, 0.25) is 0 Å². The van der Waals surface area contributed by atoms with Crippen LogP contribution >= 0.6 is 23.2 Å². The van der Waals surface area contributed by atoms with Crippen molar-refractivity contribution in [1.82, 2.24) is 14.7 Å². The van der Waals surface area contributed by atoms with Crippen molar-refractivity contribution in [2.45, 2.75) is 24.5 Å². The van der Waals surface area contributed by atoms with Crippen molar-refractivity contribution in [3.05, 3.63) is 70.0 Å². The first-order valence-electron chi connectivity index (χ1n) is 8.96. The summed E-state index contributed by atoms with van der Waals surface area (Å²) in [7, 11) is 0. The molecular weight excluding hydrogens is 404 g/mol. The number of benzene rings is 1. The van der Waals surface area contributed by atoms with Crippen LogP contribution in [0.5, 0.6) is 0 Å². The highest BCUT2D eigenvalue weighted by Crippen LogP contribution is 2.60. The van der Waals surface area contributed by atoms with Crippen molar-refractivity contribution in [1.29, 1.82) is 0 Å². The lowest BCUT2D eigenvalue weighted by molar-refractivity contribution is 0.0289. The number of nitrogens with zero attached hydrogens (tertiary/aromatic N) is 2. The van der Waals surface area contributed by atoms with Crippen LogP contribution in [0, 0.1) is 17.7 Å². The fourth-order valence-corrected chi connectivity index (χ4v) is 4.94. The molecule has 2 heterocycles. The number of nitrogens with one attached hydrogen (secondary N) is 1. The number of amides is 1. The van der Waals surface area contributed by atoms with Crippen LogP contribution in [-0.2, 0) is 5.60 Å². The van der Waals surface area contributed by atoms with Crippen molar-refractivity contribution in [3.63, 3.8) is 0 Å². The van der Waals surface area contributed by atoms with Gasteiger partial charge < -0.3 is 14.8 Å². The molecule has 0 bridgehead atoms. The van der Waals surface area contributed by atoms with Crippen molar-refractivity contribution in [3.8, 4) is 0 Å². The van der Waals surface area contributed by atoms with Gasteiger partial charge in [0.15, 0.2) is 0 Å². The second-order valence-corrected chi connectivity index (χ2v) is 8.50. The van der Waals surface area contributed by atoms with Crippen LogP contribution in [0.25, 0.3) is 5.52 Å². The summed E-state index contributed by atoms with van der Waals surface area (Å²) >= 11 is 12.0. The number of aromatic nitrogens is 2. The Balaban J connectivity index is 1.32. The Hall–Kier alpha value is -2.15. The summed E-state index contributed by atoms with van der Waals surface area (Å²) in [6.07, 6.45) is 6.19. The van der Waals surface area contributed by atoms with Crippen LogP contribution in [-0.4, -0.2) is 26.4 Å². The topological polar surface area (TPSA) is 66.6 Å². The number of imidazole rings is 1. The van der Waals surface area contributed by atoms with Crippen LogP contribution in [0.2, 0.25) is 10.0 Å². The zero-order chi connectivity index (χ0) is 19.6. The fourth-order valence-electron chi connectivity index (χ4n) is 4.54. The molecule has 2 atom stereocenters. The first-order valence-corrected chi connectivity index (χ1v) is 9.71. The van der Waals surface area contributed by atoms with Crippen molar-refractivity contribution in [2.75, 3.05) is 0 Å². The molecule has 3 aromatic rings. The number of fused-ring (bicyclic) bond motifs is 2. The van der Waals surface area contributed by atoms with Gasteiger partial charge in [0.05, 0.1) is 33.7 Å². The lowest BCUT2D eigenvalue weighted by atomic mass is 9.88. The van der Waals surface area contributed by atoms with E-state index >= 15 is 0 Å². The fraction of sp³-hybridized carbons (Fsp3) is 0.300. The SMILES string of the molecule is O=C(NC1C2CC(O)(c3cc(Cl)cn4cncc34)CC21)c1ccc(F)c(Cl)c1. The quantitative estimate of drug-likeness (QED) is 0.678. The van der Waals surface area contributed by atoms with Gasteiger partial charge in [0.1, 0.15) is 5.82 Å². The Morgan fingerprint density at radius 2 is 2.04 bits per heavy atom. The monoisotopic (exact) mass is 419 g/mol. The molecule has 2 aliphatic carbocycles. The van der Waals surface area contributed by atoms with E-state index in [9.17, 15) is 14.3 Å². The number of rotatable bonds is 3. The van der Waals surface area contributed by atoms with Gasteiger partial charge in [-0.1, -0.05) is 23.2 Å². The van der Waals surface area contributed by atoms with Crippen molar-refractivity contribution >= 4 is 34.6 Å². The highest BCUT2D eigenvalue weighted by Gasteiger charge is 2.62. The molecule has 0 radical (unpaired) electrons. The van der Waals surface area contributed by atoms with Crippen LogP contribution in [0.15, 0.2) is 43.0 Å². The van der Waals surface area contributed by atoms with Gasteiger partial charge in [0, 0.05) is 23.4 Å². The molecule has 5 nitrogen and oxygen atoms in total. The molecule has 5 rings (SSSR count). The van der Waals surface area contributed by atoms with Gasteiger partial charge >= 0.3 is 0 Å². The first-order chi connectivity index (χ1) is 13.4. The number of carbonyl (C=O) groups is 1. The largest absolute Gasteiger partial charge is 0.385 e. The van der Waals surface area contributed by atoms with Crippen molar-refractivity contribution < 1.29 is 14.3 Å². The van der Waals surface area contributed by atoms with Gasteiger partial charge in [-0.3, -0.25) is 4.79 Å². The normalized spacial score (nSPS) is 28.4.